The van der Waals surface area contributed by atoms with Crippen LogP contribution in [-0.4, -0.2) is 16.8 Å². The van der Waals surface area contributed by atoms with E-state index >= 15 is 0 Å². The highest BCUT2D eigenvalue weighted by Crippen LogP contribution is 2.14. The molecule has 0 atom stereocenters. The maximum atomic E-state index is 11.7. The fourth-order valence-corrected chi connectivity index (χ4v) is 1.62. The number of aromatic nitrogens is 2. The van der Waals surface area contributed by atoms with Gasteiger partial charge in [-0.1, -0.05) is 13.8 Å². The van der Waals surface area contributed by atoms with Crippen LogP contribution in [0.3, 0.4) is 0 Å². The third-order valence-electron chi connectivity index (χ3n) is 1.79. The molecule has 5 heteroatoms. The Morgan fingerprint density at radius 1 is 1.64 bits per heavy atom. The summed E-state index contributed by atoms with van der Waals surface area (Å²) in [5.41, 5.74) is 0.626. The summed E-state index contributed by atoms with van der Waals surface area (Å²) in [6, 6.07) is 0. The van der Waals surface area contributed by atoms with E-state index in [0.717, 1.165) is 5.69 Å². The number of rotatable bonds is 3. The molecule has 0 fully saturated rings. The summed E-state index contributed by atoms with van der Waals surface area (Å²) in [6.07, 6.45) is 1.65. The van der Waals surface area contributed by atoms with E-state index in [1.54, 1.807) is 13.2 Å². The molecule has 0 amide bonds. The molecule has 0 aliphatic carbocycles. The summed E-state index contributed by atoms with van der Waals surface area (Å²) in [5, 5.41) is 6.96. The van der Waals surface area contributed by atoms with Crippen molar-refractivity contribution in [2.45, 2.75) is 20.4 Å². The molecule has 0 aliphatic heterocycles. The maximum absolute atomic E-state index is 11.7. The number of halogens is 1. The summed E-state index contributed by atoms with van der Waals surface area (Å²) >= 11 is 3.25. The van der Waals surface area contributed by atoms with E-state index < -0.39 is 0 Å². The number of anilines is 1. The first kappa shape index (κ1) is 11.2. The van der Waals surface area contributed by atoms with E-state index in [1.807, 2.05) is 13.8 Å². The number of hydrogen-bond acceptors (Lipinski definition) is 3. The van der Waals surface area contributed by atoms with E-state index in [4.69, 9.17) is 0 Å². The average Bonchev–Trinajstić information content (AvgIpc) is 2.13. The Bertz CT molecular complexity index is 373. The second-order valence-corrected chi connectivity index (χ2v) is 4.30. The van der Waals surface area contributed by atoms with Crippen molar-refractivity contribution in [2.24, 2.45) is 5.92 Å². The van der Waals surface area contributed by atoms with Gasteiger partial charge in [0.05, 0.1) is 11.9 Å². The van der Waals surface area contributed by atoms with E-state index in [9.17, 15) is 4.79 Å². The smallest absolute Gasteiger partial charge is 0.283 e. The lowest BCUT2D eigenvalue weighted by Crippen LogP contribution is -2.26. The van der Waals surface area contributed by atoms with Gasteiger partial charge in [-0.25, -0.2) is 4.68 Å². The van der Waals surface area contributed by atoms with Gasteiger partial charge in [-0.15, -0.1) is 0 Å². The molecule has 1 aromatic heterocycles. The van der Waals surface area contributed by atoms with Crippen LogP contribution in [0.25, 0.3) is 0 Å². The highest BCUT2D eigenvalue weighted by Gasteiger charge is 2.07. The Morgan fingerprint density at radius 3 is 2.79 bits per heavy atom. The van der Waals surface area contributed by atoms with Gasteiger partial charge in [0.2, 0.25) is 0 Å². The van der Waals surface area contributed by atoms with Crippen molar-refractivity contribution in [3.63, 3.8) is 0 Å². The van der Waals surface area contributed by atoms with E-state index in [0.29, 0.717) is 16.9 Å². The van der Waals surface area contributed by atoms with Crippen LogP contribution in [-0.2, 0) is 6.54 Å². The predicted octanol–water partition coefficient (Wildman–Crippen LogP) is 1.70. The van der Waals surface area contributed by atoms with Crippen LogP contribution >= 0.6 is 15.9 Å². The standard InChI is InChI=1S/C9H14BrN3O/c1-6(2)5-13-9(14)8(10)7(11-3)4-12-13/h4,6,11H,5H2,1-3H3. The molecule has 0 aromatic carbocycles. The Kier molecular flexibility index (Phi) is 3.69. The van der Waals surface area contributed by atoms with Crippen LogP contribution in [0.2, 0.25) is 0 Å². The molecular formula is C9H14BrN3O. The Morgan fingerprint density at radius 2 is 2.29 bits per heavy atom. The van der Waals surface area contributed by atoms with Gasteiger partial charge in [0.1, 0.15) is 4.47 Å². The van der Waals surface area contributed by atoms with Gasteiger partial charge in [0, 0.05) is 13.6 Å². The third kappa shape index (κ3) is 2.35. The van der Waals surface area contributed by atoms with Crippen molar-refractivity contribution in [3.05, 3.63) is 21.0 Å². The molecular weight excluding hydrogens is 246 g/mol. The van der Waals surface area contributed by atoms with Gasteiger partial charge >= 0.3 is 0 Å². The monoisotopic (exact) mass is 259 g/mol. The average molecular weight is 260 g/mol. The molecule has 0 radical (unpaired) electrons. The summed E-state index contributed by atoms with van der Waals surface area (Å²) in [4.78, 5) is 11.7. The first-order chi connectivity index (χ1) is 6.56. The molecule has 0 saturated heterocycles. The minimum atomic E-state index is -0.0921. The van der Waals surface area contributed by atoms with Crippen molar-refractivity contribution in [1.82, 2.24) is 9.78 Å². The number of nitrogens with zero attached hydrogens (tertiary/aromatic N) is 2. The van der Waals surface area contributed by atoms with Gasteiger partial charge in [-0.2, -0.15) is 5.10 Å². The molecule has 0 saturated carbocycles. The van der Waals surface area contributed by atoms with E-state index in [1.165, 1.54) is 4.68 Å². The summed E-state index contributed by atoms with van der Waals surface area (Å²) < 4.78 is 2.01. The summed E-state index contributed by atoms with van der Waals surface area (Å²) in [5.74, 6) is 0.410. The van der Waals surface area contributed by atoms with Crippen LogP contribution < -0.4 is 10.9 Å². The molecule has 0 unspecified atom stereocenters. The molecule has 78 valence electrons. The predicted molar refractivity (Wildman–Crippen MR) is 60.6 cm³/mol. The van der Waals surface area contributed by atoms with Crippen molar-refractivity contribution in [3.8, 4) is 0 Å². The van der Waals surface area contributed by atoms with Gasteiger partial charge in [-0.3, -0.25) is 4.79 Å². The zero-order valence-corrected chi connectivity index (χ0v) is 10.1. The van der Waals surface area contributed by atoms with E-state index in [-0.39, 0.29) is 5.56 Å². The highest BCUT2D eigenvalue weighted by molar-refractivity contribution is 9.10. The fraction of sp³-hybridized carbons (Fsp3) is 0.556. The third-order valence-corrected chi connectivity index (χ3v) is 2.56. The maximum Gasteiger partial charge on any atom is 0.283 e. The molecule has 1 aromatic rings. The molecule has 1 N–H and O–H groups in total. The second-order valence-electron chi connectivity index (χ2n) is 3.50. The first-order valence-electron chi connectivity index (χ1n) is 4.49. The number of hydrogen-bond donors (Lipinski definition) is 1. The van der Waals surface area contributed by atoms with E-state index in [2.05, 4.69) is 26.3 Å². The molecule has 1 rings (SSSR count). The highest BCUT2D eigenvalue weighted by atomic mass is 79.9. The second kappa shape index (κ2) is 4.59. The molecule has 0 aliphatic rings. The molecule has 0 bridgehead atoms. The van der Waals surface area contributed by atoms with Crippen LogP contribution in [0.5, 0.6) is 0 Å². The Balaban J connectivity index is 3.11. The van der Waals surface area contributed by atoms with Crippen molar-refractivity contribution in [2.75, 3.05) is 12.4 Å². The van der Waals surface area contributed by atoms with Gasteiger partial charge in [-0.05, 0) is 21.8 Å². The lowest BCUT2D eigenvalue weighted by atomic mass is 10.2. The normalized spacial score (nSPS) is 10.6. The minimum Gasteiger partial charge on any atom is -0.386 e. The lowest BCUT2D eigenvalue weighted by molar-refractivity contribution is 0.462. The summed E-state index contributed by atoms with van der Waals surface area (Å²) in [7, 11) is 1.76. The zero-order valence-electron chi connectivity index (χ0n) is 8.54. The first-order valence-corrected chi connectivity index (χ1v) is 5.29. The molecule has 0 spiro atoms. The van der Waals surface area contributed by atoms with Crippen molar-refractivity contribution < 1.29 is 0 Å². The minimum absolute atomic E-state index is 0.0921. The molecule has 1 heterocycles. The van der Waals surface area contributed by atoms with Crippen molar-refractivity contribution in [1.29, 1.82) is 0 Å². The summed E-state index contributed by atoms with van der Waals surface area (Å²) in [6.45, 7) is 4.74. The lowest BCUT2D eigenvalue weighted by Gasteiger charge is -2.09. The zero-order chi connectivity index (χ0) is 10.7. The van der Waals surface area contributed by atoms with Crippen molar-refractivity contribution >= 4 is 21.6 Å². The Labute approximate surface area is 91.5 Å². The molecule has 4 nitrogen and oxygen atoms in total. The van der Waals surface area contributed by atoms with Crippen LogP contribution in [0.4, 0.5) is 5.69 Å². The van der Waals surface area contributed by atoms with Gasteiger partial charge < -0.3 is 5.32 Å². The topological polar surface area (TPSA) is 46.9 Å². The van der Waals surface area contributed by atoms with Crippen LogP contribution in [0.15, 0.2) is 15.5 Å². The largest absolute Gasteiger partial charge is 0.386 e. The van der Waals surface area contributed by atoms with Crippen LogP contribution in [0.1, 0.15) is 13.8 Å². The number of nitrogens with one attached hydrogen (secondary N) is 1. The molecule has 14 heavy (non-hydrogen) atoms. The van der Waals surface area contributed by atoms with Gasteiger partial charge in [0.25, 0.3) is 5.56 Å². The quantitative estimate of drug-likeness (QED) is 0.899. The van der Waals surface area contributed by atoms with Crippen LogP contribution in [0, 0.1) is 5.92 Å². The van der Waals surface area contributed by atoms with Gasteiger partial charge in [0.15, 0.2) is 0 Å². The Hall–Kier alpha value is -0.840. The fourth-order valence-electron chi connectivity index (χ4n) is 1.12. The SMILES string of the molecule is CNc1cnn(CC(C)C)c(=O)c1Br.